The number of halogens is 3. The van der Waals surface area contributed by atoms with Gasteiger partial charge in [-0.15, -0.1) is 0 Å². The predicted molar refractivity (Wildman–Crippen MR) is 329 cm³/mol. The van der Waals surface area contributed by atoms with E-state index in [0.29, 0.717) is 38.8 Å². The topological polar surface area (TPSA) is 33.6 Å². The first-order valence-electron chi connectivity index (χ1n) is 27.4. The zero-order valence-corrected chi connectivity index (χ0v) is 47.5. The Morgan fingerprint density at radius 2 is 0.613 bits per heavy atom. The van der Waals surface area contributed by atoms with Crippen LogP contribution in [0.15, 0.2) is 158 Å². The second kappa shape index (κ2) is 19.2. The summed E-state index contributed by atoms with van der Waals surface area (Å²) in [6.45, 7) is 25.4. The number of aryl methyl sites for hydroxylation is 12. The number of rotatable bonds is 7. The Balaban J connectivity index is 1.23. The molecule has 0 radical (unpaired) electrons. The number of nitriles is 1. The molecule has 0 unspecified atom stereocenters. The SMILES string of the molecule is Cc1cc(C)c(-c2ccc3c(c2)c2cc(-c4c(C)cc(C)cc4C)ccc2n3-c2cc(-c3cccc(C#N)c3)cc(-n3c4ccc(-c5c(C)cc(C)cc5C)cc4c4cc(-c5c(C)cc(C)cc5C)ccc43)c2C(F)(F)F)c(C)c1. The van der Waals surface area contributed by atoms with Gasteiger partial charge in [0.05, 0.1) is 45.1 Å². The fourth-order valence-corrected chi connectivity index (χ4v) is 13.9. The second-order valence-electron chi connectivity index (χ2n) is 22.8. The van der Waals surface area contributed by atoms with Gasteiger partial charge in [-0.1, -0.05) is 107 Å². The molecule has 0 aliphatic carbocycles. The van der Waals surface area contributed by atoms with Gasteiger partial charge in [-0.2, -0.15) is 18.4 Å². The van der Waals surface area contributed by atoms with Gasteiger partial charge in [0, 0.05) is 21.5 Å². The molecule has 394 valence electrons. The molecule has 0 saturated heterocycles. The predicted octanol–water partition coefficient (Wildman–Crippen LogP) is 20.8. The summed E-state index contributed by atoms with van der Waals surface area (Å²) in [5.74, 6) is 0. The average Bonchev–Trinajstić information content (AvgIpc) is 2.92. The van der Waals surface area contributed by atoms with Crippen molar-refractivity contribution in [3.8, 4) is 73.1 Å². The lowest BCUT2D eigenvalue weighted by Crippen LogP contribution is -2.16. The van der Waals surface area contributed by atoms with E-state index in [-0.39, 0.29) is 11.4 Å². The maximum atomic E-state index is 17.3. The zero-order chi connectivity index (χ0) is 56.4. The minimum absolute atomic E-state index is 0.0155. The fraction of sp³-hybridized carbons (Fsp3) is 0.176. The third-order valence-electron chi connectivity index (χ3n) is 16.6. The van der Waals surface area contributed by atoms with Crippen LogP contribution < -0.4 is 0 Å². The molecule has 12 aromatic rings. The van der Waals surface area contributed by atoms with Crippen molar-refractivity contribution < 1.29 is 13.2 Å². The van der Waals surface area contributed by atoms with E-state index in [9.17, 15) is 5.26 Å². The molecule has 3 nitrogen and oxygen atoms in total. The monoisotopic (exact) mass is 1050 g/mol. The van der Waals surface area contributed by atoms with Crippen molar-refractivity contribution in [3.63, 3.8) is 0 Å². The summed E-state index contributed by atoms with van der Waals surface area (Å²) in [7, 11) is 0. The Hall–Kier alpha value is -8.92. The largest absolute Gasteiger partial charge is 0.420 e. The molecule has 0 saturated carbocycles. The Bertz CT molecular complexity index is 4080. The summed E-state index contributed by atoms with van der Waals surface area (Å²) < 4.78 is 55.6. The third kappa shape index (κ3) is 8.59. The van der Waals surface area contributed by atoms with Gasteiger partial charge in [0.1, 0.15) is 5.56 Å². The first-order chi connectivity index (χ1) is 38.2. The molecule has 12 rings (SSSR count). The van der Waals surface area contributed by atoms with E-state index in [1.165, 1.54) is 22.3 Å². The van der Waals surface area contributed by atoms with Crippen molar-refractivity contribution in [2.45, 2.75) is 89.3 Å². The van der Waals surface area contributed by atoms with E-state index in [2.05, 4.69) is 186 Å². The molecular weight excluding hydrogens is 988 g/mol. The van der Waals surface area contributed by atoms with Gasteiger partial charge in [-0.05, 0) is 256 Å². The van der Waals surface area contributed by atoms with Crippen LogP contribution in [0, 0.1) is 94.4 Å². The van der Waals surface area contributed by atoms with Crippen LogP contribution >= 0.6 is 0 Å². The van der Waals surface area contributed by atoms with E-state index in [1.54, 1.807) is 30.3 Å². The smallest absolute Gasteiger partial charge is 0.309 e. The van der Waals surface area contributed by atoms with Gasteiger partial charge in [0.25, 0.3) is 0 Å². The van der Waals surface area contributed by atoms with Crippen LogP contribution in [0.3, 0.4) is 0 Å². The van der Waals surface area contributed by atoms with Gasteiger partial charge in [0.15, 0.2) is 0 Å². The summed E-state index contributed by atoms with van der Waals surface area (Å²) >= 11 is 0. The zero-order valence-electron chi connectivity index (χ0n) is 47.5. The molecule has 2 heterocycles. The molecule has 6 heteroatoms. The lowest BCUT2D eigenvalue weighted by Gasteiger charge is -2.23. The highest BCUT2D eigenvalue weighted by Crippen LogP contribution is 2.49. The molecular formula is C74H62F3N3. The molecule has 0 aliphatic rings. The average molecular weight is 1050 g/mol. The molecule has 10 aromatic carbocycles. The summed E-state index contributed by atoms with van der Waals surface area (Å²) in [5, 5.41) is 13.6. The van der Waals surface area contributed by atoms with Crippen LogP contribution in [0.25, 0.3) is 111 Å². The van der Waals surface area contributed by atoms with Crippen molar-refractivity contribution in [1.29, 1.82) is 5.26 Å². The van der Waals surface area contributed by atoms with Gasteiger partial charge in [0.2, 0.25) is 0 Å². The van der Waals surface area contributed by atoms with Crippen molar-refractivity contribution in [2.75, 3.05) is 0 Å². The van der Waals surface area contributed by atoms with E-state index in [0.717, 1.165) is 111 Å². The summed E-state index contributed by atoms with van der Waals surface area (Å²) in [6, 6.07) is 55.2. The Morgan fingerprint density at radius 3 is 0.875 bits per heavy atom. The number of hydrogen-bond donors (Lipinski definition) is 0. The minimum atomic E-state index is -4.87. The summed E-state index contributed by atoms with van der Waals surface area (Å²) in [5.41, 5.74) is 25.5. The van der Waals surface area contributed by atoms with Crippen molar-refractivity contribution in [3.05, 3.63) is 236 Å². The minimum Gasteiger partial charge on any atom is -0.309 e. The maximum absolute atomic E-state index is 17.3. The number of hydrogen-bond acceptors (Lipinski definition) is 1. The quantitative estimate of drug-likeness (QED) is 0.157. The third-order valence-corrected chi connectivity index (χ3v) is 16.6. The number of aromatic nitrogens is 2. The number of alkyl halides is 3. The van der Waals surface area contributed by atoms with E-state index in [1.807, 2.05) is 39.5 Å². The van der Waals surface area contributed by atoms with Gasteiger partial charge in [-0.3, -0.25) is 0 Å². The van der Waals surface area contributed by atoms with Crippen LogP contribution in [-0.4, -0.2) is 9.13 Å². The molecule has 0 spiro atoms. The van der Waals surface area contributed by atoms with E-state index >= 15 is 13.2 Å². The van der Waals surface area contributed by atoms with Crippen LogP contribution in [0.4, 0.5) is 13.2 Å². The molecule has 0 atom stereocenters. The first kappa shape index (κ1) is 51.8. The lowest BCUT2D eigenvalue weighted by atomic mass is 9.91. The van der Waals surface area contributed by atoms with Crippen LogP contribution in [0.5, 0.6) is 0 Å². The second-order valence-corrected chi connectivity index (χ2v) is 22.8. The highest BCUT2D eigenvalue weighted by molar-refractivity contribution is 6.14. The van der Waals surface area contributed by atoms with Crippen molar-refractivity contribution in [1.82, 2.24) is 9.13 Å². The Labute approximate surface area is 466 Å². The normalized spacial score (nSPS) is 11.9. The molecule has 2 aromatic heterocycles. The highest BCUT2D eigenvalue weighted by atomic mass is 19.4. The van der Waals surface area contributed by atoms with Crippen LogP contribution in [-0.2, 0) is 6.18 Å². The first-order valence-corrected chi connectivity index (χ1v) is 27.4. The Morgan fingerprint density at radius 1 is 0.325 bits per heavy atom. The Kier molecular flexibility index (Phi) is 12.4. The molecule has 80 heavy (non-hydrogen) atoms. The van der Waals surface area contributed by atoms with Crippen LogP contribution in [0.1, 0.15) is 77.9 Å². The van der Waals surface area contributed by atoms with E-state index < -0.39 is 11.7 Å². The van der Waals surface area contributed by atoms with Crippen molar-refractivity contribution >= 4 is 43.6 Å². The molecule has 0 bridgehead atoms. The standard InChI is InChI=1S/C74H62F3N3/c1-40-24-44(5)69(45(6)25-40)54-16-20-63-59(33-54)60-34-55(70-46(7)26-41(2)27-47(70)8)17-21-64(60)79(63)67-37-58(53-15-13-14-52(32-53)39-78)38-68(73(67)74(75,76)77)80-65-22-18-56(71-48(9)28-42(3)29-49(71)10)35-61(65)62-36-57(19-23-66(62)80)72-50(11)30-43(4)31-51(72)12/h13-38H,1-12H3. The molecule has 0 aliphatic heterocycles. The number of benzene rings is 10. The van der Waals surface area contributed by atoms with Gasteiger partial charge in [-0.25, -0.2) is 0 Å². The van der Waals surface area contributed by atoms with Crippen molar-refractivity contribution in [2.24, 2.45) is 0 Å². The fourth-order valence-electron chi connectivity index (χ4n) is 13.9. The summed E-state index contributed by atoms with van der Waals surface area (Å²) in [4.78, 5) is 0. The number of fused-ring (bicyclic) bond motifs is 6. The van der Waals surface area contributed by atoms with Gasteiger partial charge >= 0.3 is 6.18 Å². The maximum Gasteiger partial charge on any atom is 0.420 e. The van der Waals surface area contributed by atoms with Crippen LogP contribution in [0.2, 0.25) is 0 Å². The molecule has 0 N–H and O–H groups in total. The lowest BCUT2D eigenvalue weighted by molar-refractivity contribution is -0.137. The van der Waals surface area contributed by atoms with E-state index in [4.69, 9.17) is 0 Å². The van der Waals surface area contributed by atoms with Gasteiger partial charge < -0.3 is 9.13 Å². The molecule has 0 amide bonds. The summed E-state index contributed by atoms with van der Waals surface area (Å²) in [6.07, 6.45) is -4.87. The number of nitrogens with zero attached hydrogens (tertiary/aromatic N) is 3. The molecule has 0 fully saturated rings. The highest BCUT2D eigenvalue weighted by Gasteiger charge is 2.40.